The zero-order valence-electron chi connectivity index (χ0n) is 18.7. The molecule has 2 saturated heterocycles. The van der Waals surface area contributed by atoms with Crippen molar-refractivity contribution in [2.24, 2.45) is 0 Å². The Morgan fingerprint density at radius 3 is 2.52 bits per heavy atom. The minimum Gasteiger partial charge on any atom is -0.385 e. The number of urea groups is 1. The van der Waals surface area contributed by atoms with Crippen LogP contribution in [0.2, 0.25) is 0 Å². The number of carbonyl (C=O) groups excluding carboxylic acids is 2. The van der Waals surface area contributed by atoms with E-state index in [1.807, 2.05) is 17.9 Å². The number of amides is 3. The van der Waals surface area contributed by atoms with Gasteiger partial charge < -0.3 is 29.9 Å². The second kappa shape index (κ2) is 11.9. The molecular weight excluding hydrogens is 398 g/mol. The third-order valence-corrected chi connectivity index (χ3v) is 5.70. The molecule has 0 bridgehead atoms. The Balaban J connectivity index is 1.42. The smallest absolute Gasteiger partial charge is 0.321 e. The molecule has 0 aliphatic carbocycles. The van der Waals surface area contributed by atoms with Crippen LogP contribution in [0.15, 0.2) is 18.2 Å². The predicted octanol–water partition coefficient (Wildman–Crippen LogP) is 1.13. The summed E-state index contributed by atoms with van der Waals surface area (Å²) in [5, 5.41) is 5.94. The van der Waals surface area contributed by atoms with Crippen molar-refractivity contribution in [3.63, 3.8) is 0 Å². The number of methoxy groups -OCH3 is 1. The summed E-state index contributed by atoms with van der Waals surface area (Å²) < 4.78 is 10.4. The molecule has 0 aromatic heterocycles. The zero-order chi connectivity index (χ0) is 22.1. The van der Waals surface area contributed by atoms with Crippen LogP contribution in [0.1, 0.15) is 12.0 Å². The molecule has 2 N–H and O–H groups in total. The Bertz CT molecular complexity index is 731. The largest absolute Gasteiger partial charge is 0.385 e. The Labute approximate surface area is 184 Å². The predicted molar refractivity (Wildman–Crippen MR) is 121 cm³/mol. The average molecular weight is 434 g/mol. The first-order chi connectivity index (χ1) is 15.1. The summed E-state index contributed by atoms with van der Waals surface area (Å²) in [6.07, 6.45) is 0.809. The highest BCUT2D eigenvalue weighted by molar-refractivity contribution is 5.90. The number of ether oxygens (including phenoxy) is 2. The zero-order valence-corrected chi connectivity index (χ0v) is 18.7. The number of anilines is 2. The molecule has 31 heavy (non-hydrogen) atoms. The van der Waals surface area contributed by atoms with Gasteiger partial charge in [0.15, 0.2) is 0 Å². The third kappa shape index (κ3) is 7.09. The lowest BCUT2D eigenvalue weighted by Crippen LogP contribution is -2.52. The SMILES string of the molecule is COCCCNC(=O)CN1CCN(C(=O)Nc2ccc(N3CCOCC3)cc2C)CC1. The van der Waals surface area contributed by atoms with Crippen molar-refractivity contribution in [1.29, 1.82) is 0 Å². The van der Waals surface area contributed by atoms with Crippen LogP contribution in [0.25, 0.3) is 0 Å². The number of hydrogen-bond acceptors (Lipinski definition) is 6. The summed E-state index contributed by atoms with van der Waals surface area (Å²) >= 11 is 0. The fraction of sp³-hybridized carbons (Fsp3) is 0.636. The summed E-state index contributed by atoms with van der Waals surface area (Å²) in [4.78, 5) is 30.9. The number of nitrogens with zero attached hydrogens (tertiary/aromatic N) is 3. The first-order valence-electron chi connectivity index (χ1n) is 11.0. The Hall–Kier alpha value is -2.36. The van der Waals surface area contributed by atoms with E-state index in [4.69, 9.17) is 9.47 Å². The van der Waals surface area contributed by atoms with Crippen molar-refractivity contribution in [2.45, 2.75) is 13.3 Å². The molecule has 1 aromatic rings. The van der Waals surface area contributed by atoms with Gasteiger partial charge in [0.1, 0.15) is 0 Å². The van der Waals surface area contributed by atoms with Crippen LogP contribution in [0.5, 0.6) is 0 Å². The van der Waals surface area contributed by atoms with E-state index >= 15 is 0 Å². The molecule has 9 nitrogen and oxygen atoms in total. The average Bonchev–Trinajstić information content (AvgIpc) is 2.79. The van der Waals surface area contributed by atoms with Crippen molar-refractivity contribution in [2.75, 3.05) is 89.5 Å². The van der Waals surface area contributed by atoms with Crippen LogP contribution >= 0.6 is 0 Å². The van der Waals surface area contributed by atoms with Gasteiger partial charge in [-0.3, -0.25) is 9.69 Å². The first-order valence-corrected chi connectivity index (χ1v) is 11.0. The molecule has 9 heteroatoms. The third-order valence-electron chi connectivity index (χ3n) is 5.70. The van der Waals surface area contributed by atoms with Crippen LogP contribution in [0.3, 0.4) is 0 Å². The monoisotopic (exact) mass is 433 g/mol. The summed E-state index contributed by atoms with van der Waals surface area (Å²) in [5.74, 6) is 0.0185. The van der Waals surface area contributed by atoms with Crippen molar-refractivity contribution >= 4 is 23.3 Å². The van der Waals surface area contributed by atoms with E-state index in [0.717, 1.165) is 49.7 Å². The van der Waals surface area contributed by atoms with Gasteiger partial charge in [-0.1, -0.05) is 0 Å². The van der Waals surface area contributed by atoms with E-state index in [1.165, 1.54) is 0 Å². The second-order valence-electron chi connectivity index (χ2n) is 7.99. The molecule has 2 aliphatic heterocycles. The molecule has 172 valence electrons. The van der Waals surface area contributed by atoms with Gasteiger partial charge in [-0.25, -0.2) is 4.79 Å². The maximum atomic E-state index is 12.7. The first kappa shape index (κ1) is 23.3. The summed E-state index contributed by atoms with van der Waals surface area (Å²) in [6.45, 7) is 9.51. The fourth-order valence-electron chi connectivity index (χ4n) is 3.81. The van der Waals surface area contributed by atoms with Gasteiger partial charge in [0.05, 0.1) is 19.8 Å². The number of nitrogens with one attached hydrogen (secondary N) is 2. The van der Waals surface area contributed by atoms with E-state index in [-0.39, 0.29) is 11.9 Å². The van der Waals surface area contributed by atoms with Crippen LogP contribution in [-0.4, -0.2) is 101 Å². The quantitative estimate of drug-likeness (QED) is 0.598. The Morgan fingerprint density at radius 2 is 1.84 bits per heavy atom. The highest BCUT2D eigenvalue weighted by Gasteiger charge is 2.23. The van der Waals surface area contributed by atoms with Crippen LogP contribution in [0.4, 0.5) is 16.2 Å². The topological polar surface area (TPSA) is 86.4 Å². The molecule has 2 heterocycles. The van der Waals surface area contributed by atoms with E-state index in [0.29, 0.717) is 45.9 Å². The molecule has 0 unspecified atom stereocenters. The van der Waals surface area contributed by atoms with Gasteiger partial charge in [0.2, 0.25) is 5.91 Å². The molecule has 3 amide bonds. The minimum absolute atomic E-state index is 0.0185. The van der Waals surface area contributed by atoms with E-state index in [9.17, 15) is 9.59 Å². The molecule has 2 aliphatic rings. The van der Waals surface area contributed by atoms with Gasteiger partial charge in [-0.2, -0.15) is 0 Å². The van der Waals surface area contributed by atoms with Crippen molar-refractivity contribution < 1.29 is 19.1 Å². The number of piperazine rings is 1. The van der Waals surface area contributed by atoms with Gasteiger partial charge >= 0.3 is 6.03 Å². The highest BCUT2D eigenvalue weighted by Crippen LogP contribution is 2.24. The molecule has 3 rings (SSSR count). The van der Waals surface area contributed by atoms with Crippen molar-refractivity contribution in [1.82, 2.24) is 15.1 Å². The fourth-order valence-corrected chi connectivity index (χ4v) is 3.81. The number of rotatable bonds is 8. The molecule has 0 radical (unpaired) electrons. The highest BCUT2D eigenvalue weighted by atomic mass is 16.5. The van der Waals surface area contributed by atoms with Crippen LogP contribution < -0.4 is 15.5 Å². The standard InChI is InChI=1S/C22H35N5O4/c1-18-16-19(26-11-14-31-15-12-26)4-5-20(18)24-22(29)27-9-7-25(8-10-27)17-21(28)23-6-3-13-30-2/h4-5,16H,3,6-15,17H2,1-2H3,(H,23,28)(H,24,29). The Kier molecular flexibility index (Phi) is 8.93. The lowest BCUT2D eigenvalue weighted by atomic mass is 10.1. The second-order valence-corrected chi connectivity index (χ2v) is 7.99. The molecular formula is C22H35N5O4. The summed E-state index contributed by atoms with van der Waals surface area (Å²) in [6, 6.07) is 6.05. The summed E-state index contributed by atoms with van der Waals surface area (Å²) in [5.41, 5.74) is 3.04. The number of carbonyl (C=O) groups is 2. The molecule has 0 saturated carbocycles. The molecule has 1 aromatic carbocycles. The van der Waals surface area contributed by atoms with Crippen LogP contribution in [-0.2, 0) is 14.3 Å². The van der Waals surface area contributed by atoms with Gasteiger partial charge in [0, 0.05) is 70.9 Å². The normalized spacial score (nSPS) is 17.5. The van der Waals surface area contributed by atoms with Gasteiger partial charge in [0.25, 0.3) is 0 Å². The number of morpholine rings is 1. The van der Waals surface area contributed by atoms with Gasteiger partial charge in [-0.05, 0) is 37.1 Å². The Morgan fingerprint density at radius 1 is 1.10 bits per heavy atom. The lowest BCUT2D eigenvalue weighted by molar-refractivity contribution is -0.122. The molecule has 0 atom stereocenters. The minimum atomic E-state index is -0.0918. The van der Waals surface area contributed by atoms with Crippen LogP contribution in [0, 0.1) is 6.92 Å². The van der Waals surface area contributed by atoms with E-state index in [1.54, 1.807) is 7.11 Å². The van der Waals surface area contributed by atoms with Crippen molar-refractivity contribution in [3.05, 3.63) is 23.8 Å². The number of aryl methyl sites for hydroxylation is 1. The maximum Gasteiger partial charge on any atom is 0.321 e. The van der Waals surface area contributed by atoms with E-state index in [2.05, 4.69) is 32.6 Å². The van der Waals surface area contributed by atoms with Gasteiger partial charge in [-0.15, -0.1) is 0 Å². The number of hydrogen-bond donors (Lipinski definition) is 2. The molecule has 0 spiro atoms. The molecule has 2 fully saturated rings. The summed E-state index contributed by atoms with van der Waals surface area (Å²) in [7, 11) is 1.65. The van der Waals surface area contributed by atoms with Crippen molar-refractivity contribution in [3.8, 4) is 0 Å². The number of benzene rings is 1. The maximum absolute atomic E-state index is 12.7. The van der Waals surface area contributed by atoms with E-state index < -0.39 is 0 Å². The lowest BCUT2D eigenvalue weighted by Gasteiger charge is -2.34.